The molecule has 19 heteroatoms. The van der Waals surface area contributed by atoms with Crippen LogP contribution >= 0.6 is 15.6 Å². The predicted octanol–water partition coefficient (Wildman–Crippen LogP) is 23.3. The van der Waals surface area contributed by atoms with Gasteiger partial charge in [-0.15, -0.1) is 0 Å². The molecule has 0 radical (unpaired) electrons. The van der Waals surface area contributed by atoms with Gasteiger partial charge in [0, 0.05) is 25.7 Å². The average molecular weight is 1420 g/mol. The first-order valence-corrected chi connectivity index (χ1v) is 43.7. The fourth-order valence-corrected chi connectivity index (χ4v) is 13.6. The summed E-state index contributed by atoms with van der Waals surface area (Å²) in [4.78, 5) is 72.9. The molecule has 0 saturated carbocycles. The SMILES string of the molecule is CCCCCCCCCCCCCCCCCCCCCC(=O)O[C@H](COC(=O)CCCCCCCCCCCCC(C)CC)COP(=O)(O)OC[C@@H](O)COP(=O)(O)OC[C@@H](COC(=O)CCCCCCCCCCCCCC)OC(=O)CCCCCCCCCCCCCC. The lowest BCUT2D eigenvalue weighted by Gasteiger charge is -2.21. The maximum Gasteiger partial charge on any atom is 0.472 e. The van der Waals surface area contributed by atoms with Gasteiger partial charge in [0.15, 0.2) is 12.2 Å². The highest BCUT2D eigenvalue weighted by Crippen LogP contribution is 2.45. The molecule has 576 valence electrons. The number of esters is 4. The summed E-state index contributed by atoms with van der Waals surface area (Å²) in [7, 11) is -9.91. The molecule has 0 aliphatic rings. The van der Waals surface area contributed by atoms with E-state index in [0.29, 0.717) is 25.7 Å². The van der Waals surface area contributed by atoms with Gasteiger partial charge in [-0.05, 0) is 31.6 Å². The van der Waals surface area contributed by atoms with Crippen molar-refractivity contribution < 1.29 is 80.2 Å². The molecule has 97 heavy (non-hydrogen) atoms. The molecule has 17 nitrogen and oxygen atoms in total. The molecule has 3 N–H and O–H groups in total. The second-order valence-corrected chi connectivity index (χ2v) is 31.3. The molecule has 3 unspecified atom stereocenters. The Kier molecular flexibility index (Phi) is 69.6. The van der Waals surface area contributed by atoms with E-state index in [-0.39, 0.29) is 25.7 Å². The number of ether oxygens (including phenoxy) is 4. The third-order valence-corrected chi connectivity index (χ3v) is 20.5. The summed E-state index contributed by atoms with van der Waals surface area (Å²) in [6.45, 7) is 7.34. The van der Waals surface area contributed by atoms with E-state index in [1.54, 1.807) is 0 Å². The van der Waals surface area contributed by atoms with Crippen LogP contribution in [0.1, 0.15) is 413 Å². The van der Waals surface area contributed by atoms with Crippen molar-refractivity contribution in [3.63, 3.8) is 0 Å². The first-order chi connectivity index (χ1) is 47.1. The Morgan fingerprint density at radius 3 is 0.732 bits per heavy atom. The molecule has 0 aliphatic heterocycles. The molecule has 6 atom stereocenters. The fraction of sp³-hybridized carbons (Fsp3) is 0.949. The average Bonchev–Trinajstić information content (AvgIpc) is 1.78. The van der Waals surface area contributed by atoms with Crippen molar-refractivity contribution in [3.05, 3.63) is 0 Å². The molecule has 0 aromatic carbocycles. The summed E-state index contributed by atoms with van der Waals surface area (Å²) < 4.78 is 68.6. The lowest BCUT2D eigenvalue weighted by atomic mass is 9.99. The first-order valence-electron chi connectivity index (χ1n) is 40.7. The minimum absolute atomic E-state index is 0.108. The zero-order valence-electron chi connectivity index (χ0n) is 63.2. The van der Waals surface area contributed by atoms with Crippen LogP contribution in [0.5, 0.6) is 0 Å². The molecular formula is C78H152O17P2. The van der Waals surface area contributed by atoms with E-state index in [1.165, 1.54) is 238 Å². The van der Waals surface area contributed by atoms with E-state index in [1.807, 2.05) is 0 Å². The summed E-state index contributed by atoms with van der Waals surface area (Å²) in [5.74, 6) is -1.30. The number of phosphoric acid groups is 2. The minimum Gasteiger partial charge on any atom is -0.462 e. The Labute approximate surface area is 594 Å². The molecule has 0 saturated heterocycles. The van der Waals surface area contributed by atoms with Crippen LogP contribution in [0.25, 0.3) is 0 Å². The van der Waals surface area contributed by atoms with Gasteiger partial charge in [-0.3, -0.25) is 37.3 Å². The Hall–Kier alpha value is -1.94. The maximum atomic E-state index is 13.1. The van der Waals surface area contributed by atoms with Gasteiger partial charge in [-0.25, -0.2) is 9.13 Å². The van der Waals surface area contributed by atoms with E-state index >= 15 is 0 Å². The minimum atomic E-state index is -4.96. The van der Waals surface area contributed by atoms with Crippen molar-refractivity contribution in [2.24, 2.45) is 5.92 Å². The second-order valence-electron chi connectivity index (χ2n) is 28.3. The normalized spacial score (nSPS) is 14.2. The van der Waals surface area contributed by atoms with Crippen molar-refractivity contribution >= 4 is 39.5 Å². The van der Waals surface area contributed by atoms with Gasteiger partial charge in [-0.1, -0.05) is 362 Å². The van der Waals surface area contributed by atoms with E-state index in [9.17, 15) is 43.2 Å². The van der Waals surface area contributed by atoms with E-state index in [4.69, 9.17) is 37.0 Å². The summed E-state index contributed by atoms with van der Waals surface area (Å²) in [5, 5.41) is 10.6. The number of hydrogen-bond acceptors (Lipinski definition) is 15. The largest absolute Gasteiger partial charge is 0.472 e. The van der Waals surface area contributed by atoms with Crippen molar-refractivity contribution in [1.82, 2.24) is 0 Å². The van der Waals surface area contributed by atoms with Gasteiger partial charge in [0.2, 0.25) is 0 Å². The molecule has 0 amide bonds. The fourth-order valence-electron chi connectivity index (χ4n) is 12.0. The van der Waals surface area contributed by atoms with Crippen molar-refractivity contribution in [2.45, 2.75) is 432 Å². The van der Waals surface area contributed by atoms with E-state index in [0.717, 1.165) is 95.8 Å². The van der Waals surface area contributed by atoms with Crippen LogP contribution in [0.3, 0.4) is 0 Å². The third kappa shape index (κ3) is 70.9. The van der Waals surface area contributed by atoms with E-state index < -0.39 is 97.5 Å². The molecule has 0 heterocycles. The predicted molar refractivity (Wildman–Crippen MR) is 395 cm³/mol. The number of unbranched alkanes of at least 4 members (excludes halogenated alkanes) is 49. The number of carbonyl (C=O) groups excluding carboxylic acids is 4. The van der Waals surface area contributed by atoms with Crippen molar-refractivity contribution in [3.8, 4) is 0 Å². The number of phosphoric ester groups is 2. The summed E-state index contributed by atoms with van der Waals surface area (Å²) in [6.07, 6.45) is 60.8. The molecule has 0 fully saturated rings. The van der Waals surface area contributed by atoms with Gasteiger partial charge in [0.1, 0.15) is 19.3 Å². The highest BCUT2D eigenvalue weighted by atomic mass is 31.2. The van der Waals surface area contributed by atoms with E-state index in [2.05, 4.69) is 34.6 Å². The van der Waals surface area contributed by atoms with Gasteiger partial charge in [0.25, 0.3) is 0 Å². The zero-order valence-corrected chi connectivity index (χ0v) is 65.0. The summed E-state index contributed by atoms with van der Waals surface area (Å²) in [6, 6.07) is 0. The van der Waals surface area contributed by atoms with Gasteiger partial charge in [0.05, 0.1) is 26.4 Å². The lowest BCUT2D eigenvalue weighted by molar-refractivity contribution is -0.161. The van der Waals surface area contributed by atoms with Crippen molar-refractivity contribution in [2.75, 3.05) is 39.6 Å². The molecule has 0 spiro atoms. The topological polar surface area (TPSA) is 237 Å². The van der Waals surface area contributed by atoms with Gasteiger partial charge in [-0.2, -0.15) is 0 Å². The smallest absolute Gasteiger partial charge is 0.462 e. The standard InChI is InChI=1S/C78H152O17P2/c1-6-10-13-16-19-22-25-28-29-30-31-32-33-34-37-44-49-54-59-64-78(83)95-74(68-89-76(81)62-57-52-47-42-39-38-40-45-50-55-60-71(5)9-4)70-93-97(86,87)91-66-72(79)65-90-96(84,85)92-69-73(94-77(82)63-58-53-48-43-36-27-24-21-18-15-12-8-3)67-88-75(80)61-56-51-46-41-35-26-23-20-17-14-11-7-2/h71-74,79H,6-70H2,1-5H3,(H,84,85)(H,86,87)/t71?,72-,73+,74+/m0/s1. The van der Waals surface area contributed by atoms with Crippen LogP contribution < -0.4 is 0 Å². The highest BCUT2D eigenvalue weighted by Gasteiger charge is 2.30. The Morgan fingerprint density at radius 1 is 0.289 bits per heavy atom. The zero-order chi connectivity index (χ0) is 71.2. The maximum absolute atomic E-state index is 13.1. The van der Waals surface area contributed by atoms with Crippen LogP contribution in [-0.2, 0) is 65.4 Å². The molecule has 0 aromatic rings. The van der Waals surface area contributed by atoms with Crippen LogP contribution in [0, 0.1) is 5.92 Å². The lowest BCUT2D eigenvalue weighted by Crippen LogP contribution is -2.30. The third-order valence-electron chi connectivity index (χ3n) is 18.6. The van der Waals surface area contributed by atoms with Crippen molar-refractivity contribution in [1.29, 1.82) is 0 Å². The monoisotopic (exact) mass is 1420 g/mol. The number of hydrogen-bond donors (Lipinski definition) is 3. The van der Waals surface area contributed by atoms with Crippen LogP contribution in [-0.4, -0.2) is 96.7 Å². The Balaban J connectivity index is 5.24. The second kappa shape index (κ2) is 71.1. The number of aliphatic hydroxyl groups excluding tert-OH is 1. The van der Waals surface area contributed by atoms with Crippen LogP contribution in [0.4, 0.5) is 0 Å². The van der Waals surface area contributed by atoms with Gasteiger partial charge < -0.3 is 33.8 Å². The quantitative estimate of drug-likeness (QED) is 0.0222. The molecule has 0 bridgehead atoms. The van der Waals surface area contributed by atoms with Gasteiger partial charge >= 0.3 is 39.5 Å². The molecular weight excluding hydrogens is 1270 g/mol. The van der Waals surface area contributed by atoms with Crippen LogP contribution in [0.15, 0.2) is 0 Å². The number of carbonyl (C=O) groups is 4. The number of rotatable bonds is 78. The Bertz CT molecular complexity index is 1860. The first kappa shape index (κ1) is 95.1. The summed E-state index contributed by atoms with van der Waals surface area (Å²) >= 11 is 0. The number of aliphatic hydroxyl groups is 1. The molecule has 0 rings (SSSR count). The summed E-state index contributed by atoms with van der Waals surface area (Å²) in [5.41, 5.74) is 0. The highest BCUT2D eigenvalue weighted by molar-refractivity contribution is 7.47. The Morgan fingerprint density at radius 2 is 0.495 bits per heavy atom. The van der Waals surface area contributed by atoms with Crippen LogP contribution in [0.2, 0.25) is 0 Å². The molecule has 0 aromatic heterocycles. The molecule has 0 aliphatic carbocycles.